The summed E-state index contributed by atoms with van der Waals surface area (Å²) in [6.07, 6.45) is 0. The molecule has 0 amide bonds. The van der Waals surface area contributed by atoms with Crippen LogP contribution in [0.15, 0.2) is 18.2 Å². The number of phenols is 1. The number of carbonyl (C=O) groups is 1. The molecule has 13 heavy (non-hydrogen) atoms. The van der Waals surface area contributed by atoms with E-state index in [1.54, 1.807) is 6.07 Å². The molecule has 1 aromatic carbocycles. The van der Waals surface area contributed by atoms with Crippen LogP contribution in [0.4, 0.5) is 5.69 Å². The molecule has 1 aromatic rings. The van der Waals surface area contributed by atoms with Crippen LogP contribution in [0.3, 0.4) is 0 Å². The van der Waals surface area contributed by atoms with Gasteiger partial charge in [0.1, 0.15) is 17.0 Å². The maximum Gasteiger partial charge on any atom is 0.339 e. The molecule has 0 saturated heterocycles. The van der Waals surface area contributed by atoms with Crippen molar-refractivity contribution in [3.05, 3.63) is 23.8 Å². The first-order chi connectivity index (χ1) is 5.11. The lowest BCUT2D eigenvalue weighted by molar-refractivity contribution is -0.254. The molecule has 0 fully saturated rings. The highest BCUT2D eigenvalue weighted by atomic mass is 35.5. The number of rotatable bonds is 1. The Morgan fingerprint density at radius 3 is 2.31 bits per heavy atom. The quantitative estimate of drug-likeness (QED) is 0.438. The molecule has 0 heterocycles. The van der Waals surface area contributed by atoms with E-state index in [0.29, 0.717) is 5.69 Å². The number of benzene rings is 1. The van der Waals surface area contributed by atoms with Crippen molar-refractivity contribution >= 4 is 11.7 Å². The summed E-state index contributed by atoms with van der Waals surface area (Å²) >= 11 is 0. The van der Waals surface area contributed by atoms with E-state index in [-0.39, 0.29) is 29.2 Å². The van der Waals surface area contributed by atoms with E-state index in [2.05, 4.69) is 5.73 Å². The SMILES string of the molecule is O.[Cl-].[NH3+]c1ccc(O)c(C(=O)O)c1. The zero-order valence-corrected chi connectivity index (χ0v) is 7.38. The van der Waals surface area contributed by atoms with Gasteiger partial charge in [-0.05, 0) is 6.07 Å². The average molecular weight is 208 g/mol. The van der Waals surface area contributed by atoms with Gasteiger partial charge in [-0.2, -0.15) is 0 Å². The molecule has 0 spiro atoms. The molecule has 0 unspecified atom stereocenters. The molecule has 74 valence electrons. The second kappa shape index (κ2) is 5.36. The summed E-state index contributed by atoms with van der Waals surface area (Å²) in [5.74, 6) is -1.38. The molecule has 0 radical (unpaired) electrons. The topological polar surface area (TPSA) is 117 Å². The Kier molecular flexibility index (Phi) is 5.87. The molecule has 0 aliphatic rings. The second-order valence-corrected chi connectivity index (χ2v) is 2.16. The highest BCUT2D eigenvalue weighted by Crippen LogP contribution is 2.18. The number of aromatic hydroxyl groups is 1. The lowest BCUT2D eigenvalue weighted by Crippen LogP contribution is -3.00. The number of hydrogen-bond donors (Lipinski definition) is 3. The third kappa shape index (κ3) is 3.29. The molecule has 7 N–H and O–H groups in total. The van der Waals surface area contributed by atoms with Gasteiger partial charge in [-0.25, -0.2) is 4.79 Å². The third-order valence-corrected chi connectivity index (χ3v) is 1.29. The van der Waals surface area contributed by atoms with Crippen LogP contribution in [0, 0.1) is 0 Å². The van der Waals surface area contributed by atoms with E-state index >= 15 is 0 Å². The van der Waals surface area contributed by atoms with E-state index in [1.807, 2.05) is 0 Å². The number of carboxylic acid groups (broad SMARTS) is 1. The molecule has 1 rings (SSSR count). The highest BCUT2D eigenvalue weighted by molar-refractivity contribution is 5.91. The van der Waals surface area contributed by atoms with Gasteiger partial charge in [0.05, 0.1) is 0 Å². The molecule has 0 aliphatic heterocycles. The largest absolute Gasteiger partial charge is 1.00 e. The van der Waals surface area contributed by atoms with E-state index in [1.165, 1.54) is 12.1 Å². The Hall–Kier alpha value is -1.30. The maximum atomic E-state index is 10.4. The molecule has 5 nitrogen and oxygen atoms in total. The molecular weight excluding hydrogens is 198 g/mol. The smallest absolute Gasteiger partial charge is 0.339 e. The lowest BCUT2D eigenvalue weighted by atomic mass is 10.2. The van der Waals surface area contributed by atoms with E-state index in [0.717, 1.165) is 0 Å². The van der Waals surface area contributed by atoms with Gasteiger partial charge in [0.15, 0.2) is 0 Å². The van der Waals surface area contributed by atoms with Gasteiger partial charge in [-0.1, -0.05) is 0 Å². The van der Waals surface area contributed by atoms with Crippen LogP contribution >= 0.6 is 0 Å². The first kappa shape index (κ1) is 14.2. The van der Waals surface area contributed by atoms with Gasteiger partial charge in [0.2, 0.25) is 0 Å². The summed E-state index contributed by atoms with van der Waals surface area (Å²) < 4.78 is 0. The van der Waals surface area contributed by atoms with Gasteiger partial charge in [0.25, 0.3) is 0 Å². The number of carboxylic acids is 1. The fourth-order valence-corrected chi connectivity index (χ4v) is 0.754. The molecular formula is C7H10ClNO4. The lowest BCUT2D eigenvalue weighted by Gasteiger charge is -1.96. The van der Waals surface area contributed by atoms with Crippen LogP contribution in [0.5, 0.6) is 5.75 Å². The summed E-state index contributed by atoms with van der Waals surface area (Å²) in [5, 5.41) is 17.5. The van der Waals surface area contributed by atoms with Gasteiger partial charge in [-0.15, -0.1) is 0 Å². The van der Waals surface area contributed by atoms with Crippen LogP contribution in [0.25, 0.3) is 0 Å². The van der Waals surface area contributed by atoms with Crippen molar-refractivity contribution in [3.63, 3.8) is 0 Å². The molecule has 0 atom stereocenters. The minimum Gasteiger partial charge on any atom is -1.00 e. The number of hydrogen-bond acceptors (Lipinski definition) is 2. The third-order valence-electron chi connectivity index (χ3n) is 1.29. The average Bonchev–Trinajstić information content (AvgIpc) is 1.94. The van der Waals surface area contributed by atoms with Crippen molar-refractivity contribution in [2.24, 2.45) is 0 Å². The van der Waals surface area contributed by atoms with E-state index < -0.39 is 5.97 Å². The standard InChI is InChI=1S/C7H7NO3.ClH.H2O/c8-4-1-2-6(9)5(3-4)7(10)11;;/h1-3,9H,8H2,(H,10,11);1H;1H2. The van der Waals surface area contributed by atoms with Crippen LogP contribution in [-0.2, 0) is 0 Å². The predicted molar refractivity (Wildman–Crippen MR) is 41.2 cm³/mol. The second-order valence-electron chi connectivity index (χ2n) is 2.16. The number of aromatic carboxylic acids is 1. The summed E-state index contributed by atoms with van der Waals surface area (Å²) in [5.41, 5.74) is 3.99. The molecule has 6 heteroatoms. The fourth-order valence-electron chi connectivity index (χ4n) is 0.754. The Labute approximate surface area is 80.5 Å². The molecule has 0 saturated carbocycles. The van der Waals surface area contributed by atoms with Crippen LogP contribution in [-0.4, -0.2) is 21.7 Å². The molecule has 0 aliphatic carbocycles. The summed E-state index contributed by atoms with van der Waals surface area (Å²) in [6, 6.07) is 4.17. The van der Waals surface area contributed by atoms with Crippen molar-refractivity contribution in [2.45, 2.75) is 0 Å². The van der Waals surface area contributed by atoms with Crippen molar-refractivity contribution in [3.8, 4) is 5.75 Å². The fraction of sp³-hybridized carbons (Fsp3) is 0. The van der Waals surface area contributed by atoms with Crippen molar-refractivity contribution in [1.82, 2.24) is 0 Å². The summed E-state index contributed by atoms with van der Waals surface area (Å²) in [7, 11) is 0. The Morgan fingerprint density at radius 2 is 1.92 bits per heavy atom. The van der Waals surface area contributed by atoms with E-state index in [9.17, 15) is 4.79 Å². The van der Waals surface area contributed by atoms with Gasteiger partial charge >= 0.3 is 5.97 Å². The molecule has 0 aromatic heterocycles. The highest BCUT2D eigenvalue weighted by Gasteiger charge is 2.09. The minimum atomic E-state index is -1.15. The van der Waals surface area contributed by atoms with Crippen LogP contribution in [0.2, 0.25) is 0 Å². The number of halogens is 1. The predicted octanol–water partition coefficient (Wildman–Crippen LogP) is -3.86. The number of quaternary nitrogens is 1. The zero-order valence-electron chi connectivity index (χ0n) is 6.62. The monoisotopic (exact) mass is 207 g/mol. The van der Waals surface area contributed by atoms with Crippen molar-refractivity contribution in [2.75, 3.05) is 0 Å². The minimum absolute atomic E-state index is 0. The molecule has 0 bridgehead atoms. The maximum absolute atomic E-state index is 10.4. The Bertz CT molecular complexity index is 303. The van der Waals surface area contributed by atoms with Crippen molar-refractivity contribution in [1.29, 1.82) is 0 Å². The van der Waals surface area contributed by atoms with E-state index in [4.69, 9.17) is 10.2 Å². The first-order valence-corrected chi connectivity index (χ1v) is 2.99. The first-order valence-electron chi connectivity index (χ1n) is 2.99. The summed E-state index contributed by atoms with van der Waals surface area (Å²) in [6.45, 7) is 0. The zero-order chi connectivity index (χ0) is 8.43. The van der Waals surface area contributed by atoms with Gasteiger partial charge in [0, 0.05) is 12.1 Å². The van der Waals surface area contributed by atoms with Crippen LogP contribution < -0.4 is 18.1 Å². The van der Waals surface area contributed by atoms with Gasteiger partial charge in [-0.3, -0.25) is 0 Å². The summed E-state index contributed by atoms with van der Waals surface area (Å²) in [4.78, 5) is 10.4. The normalized spacial score (nSPS) is 8.08. The van der Waals surface area contributed by atoms with Gasteiger partial charge < -0.3 is 33.8 Å². The van der Waals surface area contributed by atoms with Crippen LogP contribution in [0.1, 0.15) is 10.4 Å². The van der Waals surface area contributed by atoms with Crippen molar-refractivity contribution < 1.29 is 38.6 Å². The Balaban J connectivity index is 0. The Morgan fingerprint density at radius 1 is 1.38 bits per heavy atom.